The van der Waals surface area contributed by atoms with Gasteiger partial charge in [0.05, 0.1) is 30.1 Å². The second kappa shape index (κ2) is 9.58. The first-order chi connectivity index (χ1) is 15.5. The molecule has 1 N–H and O–H groups in total. The smallest absolute Gasteiger partial charge is 0.242 e. The molecule has 2 amide bonds. The Morgan fingerprint density at radius 2 is 2.03 bits per heavy atom. The second-order valence-electron chi connectivity index (χ2n) is 6.87. The van der Waals surface area contributed by atoms with Crippen molar-refractivity contribution in [3.8, 4) is 11.5 Å². The fraction of sp³-hybridized carbons (Fsp3) is 0.273. The molecule has 3 aromatic rings. The van der Waals surface area contributed by atoms with Crippen LogP contribution < -0.4 is 14.8 Å². The van der Waals surface area contributed by atoms with Crippen LogP contribution in [0.2, 0.25) is 0 Å². The molecule has 0 saturated carbocycles. The third-order valence-electron chi connectivity index (χ3n) is 4.86. The fourth-order valence-corrected chi connectivity index (χ4v) is 5.38. The summed E-state index contributed by atoms with van der Waals surface area (Å²) < 4.78 is 11.5. The topological polar surface area (TPSA) is 93.1 Å². The minimum absolute atomic E-state index is 0.0219. The molecule has 0 bridgehead atoms. The number of aromatic nitrogens is 1. The second-order valence-corrected chi connectivity index (χ2v) is 9.05. The molecule has 10 heteroatoms. The third kappa shape index (κ3) is 4.56. The van der Waals surface area contributed by atoms with Crippen LogP contribution in [0.25, 0.3) is 10.2 Å². The summed E-state index contributed by atoms with van der Waals surface area (Å²) in [5.74, 6) is 0.692. The number of nitrogens with zero attached hydrogens (tertiary/aromatic N) is 3. The van der Waals surface area contributed by atoms with Crippen molar-refractivity contribution >= 4 is 61.1 Å². The van der Waals surface area contributed by atoms with E-state index in [1.54, 1.807) is 30.2 Å². The molecule has 1 aliphatic rings. The standard InChI is InChI=1S/C22H22N4O4S2/c1-4-26-20(28)18(12-19(27)23-14-10-9-13(29-2)11-16(14)30-3)32-22(26)25-21-24-15-7-5-6-8-17(15)31-21/h5-11,18H,4,12H2,1-3H3,(H,23,27). The minimum Gasteiger partial charge on any atom is -0.497 e. The normalized spacial score (nSPS) is 17.2. The van der Waals surface area contributed by atoms with Crippen molar-refractivity contribution in [2.45, 2.75) is 18.6 Å². The van der Waals surface area contributed by atoms with Gasteiger partial charge in [0.2, 0.25) is 16.9 Å². The quantitative estimate of drug-likeness (QED) is 0.554. The van der Waals surface area contributed by atoms with E-state index in [2.05, 4.69) is 15.3 Å². The molecular formula is C22H22N4O4S2. The number of thiazole rings is 1. The third-order valence-corrected chi connectivity index (χ3v) is 6.97. The number of hydrogen-bond donors (Lipinski definition) is 1. The molecule has 1 fully saturated rings. The van der Waals surface area contributed by atoms with E-state index < -0.39 is 5.25 Å². The van der Waals surface area contributed by atoms with Crippen LogP contribution in [0.1, 0.15) is 13.3 Å². The van der Waals surface area contributed by atoms with E-state index in [0.717, 1.165) is 10.2 Å². The average molecular weight is 471 g/mol. The number of para-hydroxylation sites is 1. The van der Waals surface area contributed by atoms with Crippen LogP contribution in [0.4, 0.5) is 10.8 Å². The van der Waals surface area contributed by atoms with Gasteiger partial charge in [-0.25, -0.2) is 4.98 Å². The van der Waals surface area contributed by atoms with Crippen molar-refractivity contribution < 1.29 is 19.1 Å². The fourth-order valence-electron chi connectivity index (χ4n) is 3.28. The minimum atomic E-state index is -0.549. The molecule has 0 spiro atoms. The summed E-state index contributed by atoms with van der Waals surface area (Å²) in [6.07, 6.45) is 0.0219. The van der Waals surface area contributed by atoms with Gasteiger partial charge in [0, 0.05) is 19.0 Å². The lowest BCUT2D eigenvalue weighted by Gasteiger charge is -2.14. The zero-order valence-corrected chi connectivity index (χ0v) is 19.5. The van der Waals surface area contributed by atoms with Crippen LogP contribution in [-0.2, 0) is 9.59 Å². The zero-order valence-electron chi connectivity index (χ0n) is 17.8. The Bertz CT molecular complexity index is 1160. The van der Waals surface area contributed by atoms with Crippen LogP contribution >= 0.6 is 23.1 Å². The number of benzene rings is 2. The van der Waals surface area contributed by atoms with Crippen LogP contribution in [0.15, 0.2) is 47.5 Å². The molecule has 1 unspecified atom stereocenters. The molecule has 1 aliphatic heterocycles. The first-order valence-electron chi connectivity index (χ1n) is 9.96. The number of anilines is 1. The van der Waals surface area contributed by atoms with Gasteiger partial charge in [0.15, 0.2) is 5.17 Å². The van der Waals surface area contributed by atoms with E-state index >= 15 is 0 Å². The van der Waals surface area contributed by atoms with Gasteiger partial charge in [0.25, 0.3) is 0 Å². The molecule has 1 aromatic heterocycles. The highest BCUT2D eigenvalue weighted by atomic mass is 32.2. The Morgan fingerprint density at radius 1 is 1.22 bits per heavy atom. The number of thioether (sulfide) groups is 1. The SMILES string of the molecule is CCN1C(=O)C(CC(=O)Nc2ccc(OC)cc2OC)SC1=Nc1nc2ccccc2s1. The van der Waals surface area contributed by atoms with E-state index in [1.807, 2.05) is 31.2 Å². The molecule has 32 heavy (non-hydrogen) atoms. The van der Waals surface area contributed by atoms with Crippen LogP contribution in [0.5, 0.6) is 11.5 Å². The summed E-state index contributed by atoms with van der Waals surface area (Å²) in [5, 5.41) is 3.43. The molecular weight excluding hydrogens is 448 g/mol. The van der Waals surface area contributed by atoms with E-state index in [-0.39, 0.29) is 18.2 Å². The van der Waals surface area contributed by atoms with Gasteiger partial charge in [-0.1, -0.05) is 35.2 Å². The number of carbonyl (C=O) groups is 2. The number of carbonyl (C=O) groups excluding carboxylic acids is 2. The highest BCUT2D eigenvalue weighted by Crippen LogP contribution is 2.35. The maximum absolute atomic E-state index is 12.9. The molecule has 2 aromatic carbocycles. The Morgan fingerprint density at radius 3 is 2.75 bits per heavy atom. The van der Waals surface area contributed by atoms with Crippen molar-refractivity contribution in [1.29, 1.82) is 0 Å². The summed E-state index contributed by atoms with van der Waals surface area (Å²) in [7, 11) is 3.08. The van der Waals surface area contributed by atoms with Crippen molar-refractivity contribution in [1.82, 2.24) is 9.88 Å². The largest absolute Gasteiger partial charge is 0.497 e. The van der Waals surface area contributed by atoms with Gasteiger partial charge in [-0.2, -0.15) is 4.99 Å². The number of nitrogens with one attached hydrogen (secondary N) is 1. The summed E-state index contributed by atoms with van der Waals surface area (Å²) in [6.45, 7) is 2.36. The van der Waals surface area contributed by atoms with Crippen molar-refractivity contribution in [3.05, 3.63) is 42.5 Å². The van der Waals surface area contributed by atoms with Gasteiger partial charge in [-0.05, 0) is 31.2 Å². The predicted octanol–water partition coefficient (Wildman–Crippen LogP) is 4.29. The number of amidine groups is 1. The summed E-state index contributed by atoms with van der Waals surface area (Å²) in [6, 6.07) is 12.9. The Labute approximate surface area is 193 Å². The Balaban J connectivity index is 1.48. The number of rotatable bonds is 7. The zero-order chi connectivity index (χ0) is 22.7. The van der Waals surface area contributed by atoms with Gasteiger partial charge >= 0.3 is 0 Å². The Hall–Kier alpha value is -3.11. The van der Waals surface area contributed by atoms with Crippen LogP contribution in [0.3, 0.4) is 0 Å². The first kappa shape index (κ1) is 22.1. The maximum atomic E-state index is 12.9. The van der Waals surface area contributed by atoms with Gasteiger partial charge in [-0.15, -0.1) is 0 Å². The molecule has 8 nitrogen and oxygen atoms in total. The van der Waals surface area contributed by atoms with E-state index in [0.29, 0.717) is 34.0 Å². The summed E-state index contributed by atoms with van der Waals surface area (Å²) in [5.41, 5.74) is 1.39. The number of amides is 2. The van der Waals surface area contributed by atoms with Crippen molar-refractivity contribution in [2.75, 3.05) is 26.1 Å². The lowest BCUT2D eigenvalue weighted by molar-refractivity contribution is -0.128. The highest BCUT2D eigenvalue weighted by molar-refractivity contribution is 8.15. The van der Waals surface area contributed by atoms with E-state index in [1.165, 1.54) is 30.2 Å². The number of methoxy groups -OCH3 is 2. The monoisotopic (exact) mass is 470 g/mol. The van der Waals surface area contributed by atoms with Gasteiger partial charge in [0.1, 0.15) is 16.7 Å². The number of hydrogen-bond acceptors (Lipinski definition) is 8. The number of ether oxygens (including phenoxy) is 2. The molecule has 1 atom stereocenters. The first-order valence-corrected chi connectivity index (χ1v) is 11.7. The maximum Gasteiger partial charge on any atom is 0.242 e. The summed E-state index contributed by atoms with van der Waals surface area (Å²) in [4.78, 5) is 36.3. The van der Waals surface area contributed by atoms with Crippen molar-refractivity contribution in [3.63, 3.8) is 0 Å². The lowest BCUT2D eigenvalue weighted by Crippen LogP contribution is -2.33. The molecule has 166 valence electrons. The molecule has 4 rings (SSSR count). The molecule has 0 aliphatic carbocycles. The van der Waals surface area contributed by atoms with Crippen molar-refractivity contribution in [2.24, 2.45) is 4.99 Å². The van der Waals surface area contributed by atoms with Crippen LogP contribution in [-0.4, -0.2) is 52.9 Å². The van der Waals surface area contributed by atoms with Gasteiger partial charge in [-0.3, -0.25) is 14.5 Å². The predicted molar refractivity (Wildman–Crippen MR) is 128 cm³/mol. The molecule has 0 radical (unpaired) electrons. The summed E-state index contributed by atoms with van der Waals surface area (Å²) >= 11 is 2.76. The number of fused-ring (bicyclic) bond motifs is 1. The number of aliphatic imine (C=N–C) groups is 1. The van der Waals surface area contributed by atoms with E-state index in [4.69, 9.17) is 9.47 Å². The lowest BCUT2D eigenvalue weighted by atomic mass is 10.2. The van der Waals surface area contributed by atoms with Gasteiger partial charge < -0.3 is 14.8 Å². The highest BCUT2D eigenvalue weighted by Gasteiger charge is 2.38. The Kier molecular flexibility index (Phi) is 6.61. The average Bonchev–Trinajstić information content (AvgIpc) is 3.33. The van der Waals surface area contributed by atoms with E-state index in [9.17, 15) is 9.59 Å². The van der Waals surface area contributed by atoms with Crippen LogP contribution in [0, 0.1) is 0 Å². The molecule has 1 saturated heterocycles. The molecule has 2 heterocycles.